The van der Waals surface area contributed by atoms with Crippen LogP contribution in [0.15, 0.2) is 18.2 Å². The van der Waals surface area contributed by atoms with Crippen molar-refractivity contribution in [2.24, 2.45) is 5.73 Å². The van der Waals surface area contributed by atoms with Gasteiger partial charge in [-0.2, -0.15) is 0 Å². The molecular formula is C11H15NO4. The van der Waals surface area contributed by atoms with Gasteiger partial charge in [0.15, 0.2) is 0 Å². The van der Waals surface area contributed by atoms with Crippen LogP contribution < -0.4 is 5.73 Å². The minimum absolute atomic E-state index is 0.0145. The first-order valence-corrected chi connectivity index (χ1v) is 4.94. The highest BCUT2D eigenvalue weighted by atomic mass is 16.4. The fourth-order valence-electron chi connectivity index (χ4n) is 1.41. The van der Waals surface area contributed by atoms with Crippen LogP contribution in [0.5, 0.6) is 5.75 Å². The van der Waals surface area contributed by atoms with E-state index in [1.165, 1.54) is 6.07 Å². The fourth-order valence-corrected chi connectivity index (χ4v) is 1.41. The summed E-state index contributed by atoms with van der Waals surface area (Å²) in [6.07, 6.45) is 0.402. The number of aryl methyl sites for hydroxylation is 1. The molecule has 5 N–H and O–H groups in total. The Labute approximate surface area is 93.1 Å². The van der Waals surface area contributed by atoms with Gasteiger partial charge < -0.3 is 21.1 Å². The van der Waals surface area contributed by atoms with Gasteiger partial charge in [-0.15, -0.1) is 0 Å². The van der Waals surface area contributed by atoms with Crippen molar-refractivity contribution in [1.29, 1.82) is 0 Å². The summed E-state index contributed by atoms with van der Waals surface area (Å²) in [6.45, 7) is -0.268. The predicted octanol–water partition coefficient (Wildman–Crippen LogP) is 0.401. The van der Waals surface area contributed by atoms with E-state index in [1.807, 2.05) is 0 Å². The molecule has 16 heavy (non-hydrogen) atoms. The maximum Gasteiger partial charge on any atom is 0.303 e. The van der Waals surface area contributed by atoms with Crippen molar-refractivity contribution >= 4 is 5.97 Å². The van der Waals surface area contributed by atoms with E-state index in [9.17, 15) is 9.90 Å². The van der Waals surface area contributed by atoms with Gasteiger partial charge in [-0.25, -0.2) is 0 Å². The Morgan fingerprint density at radius 1 is 1.44 bits per heavy atom. The summed E-state index contributed by atoms with van der Waals surface area (Å²) in [7, 11) is 0. The van der Waals surface area contributed by atoms with Crippen molar-refractivity contribution in [2.45, 2.75) is 18.9 Å². The van der Waals surface area contributed by atoms with Crippen LogP contribution in [0.25, 0.3) is 0 Å². The lowest BCUT2D eigenvalue weighted by atomic mass is 10.0. The zero-order valence-electron chi connectivity index (χ0n) is 8.76. The number of aliphatic carboxylic acids is 1. The first-order chi connectivity index (χ1) is 7.54. The van der Waals surface area contributed by atoms with E-state index in [4.69, 9.17) is 15.9 Å². The van der Waals surface area contributed by atoms with Gasteiger partial charge in [0.2, 0.25) is 0 Å². The zero-order valence-corrected chi connectivity index (χ0v) is 8.76. The van der Waals surface area contributed by atoms with E-state index in [2.05, 4.69) is 0 Å². The van der Waals surface area contributed by atoms with Crippen LogP contribution in [0.3, 0.4) is 0 Å². The maximum atomic E-state index is 10.4. The Morgan fingerprint density at radius 3 is 2.69 bits per heavy atom. The highest BCUT2D eigenvalue weighted by Gasteiger charge is 2.11. The van der Waals surface area contributed by atoms with Crippen molar-refractivity contribution in [2.75, 3.05) is 6.61 Å². The molecule has 0 unspecified atom stereocenters. The highest BCUT2D eigenvalue weighted by Crippen LogP contribution is 2.24. The topological polar surface area (TPSA) is 104 Å². The molecule has 0 aliphatic rings. The molecule has 0 amide bonds. The van der Waals surface area contributed by atoms with Gasteiger partial charge >= 0.3 is 5.97 Å². The minimum Gasteiger partial charge on any atom is -0.508 e. The lowest BCUT2D eigenvalue weighted by Gasteiger charge is -2.12. The van der Waals surface area contributed by atoms with Crippen LogP contribution in [0.4, 0.5) is 0 Å². The molecule has 0 saturated heterocycles. The minimum atomic E-state index is -0.874. The number of rotatable bonds is 5. The number of hydrogen-bond acceptors (Lipinski definition) is 4. The van der Waals surface area contributed by atoms with Crippen LogP contribution >= 0.6 is 0 Å². The van der Waals surface area contributed by atoms with Crippen LogP contribution in [-0.4, -0.2) is 27.9 Å². The van der Waals surface area contributed by atoms with E-state index >= 15 is 0 Å². The molecule has 1 rings (SSSR count). The van der Waals surface area contributed by atoms with Gasteiger partial charge in [-0.05, 0) is 18.1 Å². The smallest absolute Gasteiger partial charge is 0.303 e. The van der Waals surface area contributed by atoms with Gasteiger partial charge in [0.25, 0.3) is 0 Å². The monoisotopic (exact) mass is 225 g/mol. The van der Waals surface area contributed by atoms with Crippen molar-refractivity contribution in [3.05, 3.63) is 29.3 Å². The molecule has 0 aliphatic heterocycles. The fraction of sp³-hybridized carbons (Fsp3) is 0.364. The van der Waals surface area contributed by atoms with E-state index in [0.717, 1.165) is 5.56 Å². The molecular weight excluding hydrogens is 210 g/mol. The molecule has 0 bridgehead atoms. The number of phenols is 1. The molecule has 0 aromatic heterocycles. The van der Waals surface area contributed by atoms with Crippen molar-refractivity contribution in [3.63, 3.8) is 0 Å². The molecule has 0 fully saturated rings. The van der Waals surface area contributed by atoms with Crippen molar-refractivity contribution < 1.29 is 20.1 Å². The molecule has 0 radical (unpaired) electrons. The van der Waals surface area contributed by atoms with Crippen LogP contribution in [0.2, 0.25) is 0 Å². The second-order valence-electron chi connectivity index (χ2n) is 3.58. The molecule has 0 aliphatic carbocycles. The standard InChI is InChI=1S/C11H15NO4/c12-9(6-13)8-5-7(1-3-10(8)14)2-4-11(15)16/h1,3,5,9,13-14H,2,4,6,12H2,(H,15,16)/t9-/m1/s1. The van der Waals surface area contributed by atoms with E-state index in [0.29, 0.717) is 12.0 Å². The number of carboxylic acid groups (broad SMARTS) is 1. The summed E-state index contributed by atoms with van der Waals surface area (Å²) in [5.41, 5.74) is 6.81. The lowest BCUT2D eigenvalue weighted by Crippen LogP contribution is -2.15. The summed E-state index contributed by atoms with van der Waals surface area (Å²) in [5.74, 6) is -0.860. The number of aliphatic hydroxyl groups is 1. The summed E-state index contributed by atoms with van der Waals surface area (Å²) < 4.78 is 0. The van der Waals surface area contributed by atoms with Crippen LogP contribution in [-0.2, 0) is 11.2 Å². The number of phenolic OH excluding ortho intramolecular Hbond substituents is 1. The summed E-state index contributed by atoms with van der Waals surface area (Å²) in [6, 6.07) is 4.08. The first kappa shape index (κ1) is 12.5. The van der Waals surface area contributed by atoms with Gasteiger partial charge in [0.05, 0.1) is 12.6 Å². The molecule has 88 valence electrons. The molecule has 0 saturated carbocycles. The normalized spacial score (nSPS) is 12.4. The molecule has 5 heteroatoms. The summed E-state index contributed by atoms with van der Waals surface area (Å²) in [4.78, 5) is 10.4. The molecule has 0 spiro atoms. The van der Waals surface area contributed by atoms with Crippen LogP contribution in [0, 0.1) is 0 Å². The Kier molecular flexibility index (Phi) is 4.28. The molecule has 1 aromatic carbocycles. The number of carbonyl (C=O) groups is 1. The molecule has 1 aromatic rings. The van der Waals surface area contributed by atoms with E-state index in [1.54, 1.807) is 12.1 Å². The molecule has 5 nitrogen and oxygen atoms in total. The Hall–Kier alpha value is -1.59. The number of aromatic hydroxyl groups is 1. The zero-order chi connectivity index (χ0) is 12.1. The van der Waals surface area contributed by atoms with E-state index in [-0.39, 0.29) is 18.8 Å². The number of nitrogens with two attached hydrogens (primary N) is 1. The van der Waals surface area contributed by atoms with Crippen molar-refractivity contribution in [3.8, 4) is 5.75 Å². The Balaban J connectivity index is 2.85. The van der Waals surface area contributed by atoms with Gasteiger partial charge in [0, 0.05) is 12.0 Å². The van der Waals surface area contributed by atoms with E-state index < -0.39 is 12.0 Å². The van der Waals surface area contributed by atoms with Gasteiger partial charge in [-0.3, -0.25) is 4.79 Å². The Morgan fingerprint density at radius 2 is 2.12 bits per heavy atom. The largest absolute Gasteiger partial charge is 0.508 e. The van der Waals surface area contributed by atoms with Crippen molar-refractivity contribution in [1.82, 2.24) is 0 Å². The number of benzene rings is 1. The summed E-state index contributed by atoms with van der Waals surface area (Å²) in [5, 5.41) is 26.9. The summed E-state index contributed by atoms with van der Waals surface area (Å²) >= 11 is 0. The first-order valence-electron chi connectivity index (χ1n) is 4.94. The van der Waals surface area contributed by atoms with Crippen LogP contribution in [0.1, 0.15) is 23.6 Å². The third kappa shape index (κ3) is 3.22. The van der Waals surface area contributed by atoms with Gasteiger partial charge in [-0.1, -0.05) is 12.1 Å². The highest BCUT2D eigenvalue weighted by molar-refractivity contribution is 5.67. The predicted molar refractivity (Wildman–Crippen MR) is 58.1 cm³/mol. The average molecular weight is 225 g/mol. The third-order valence-electron chi connectivity index (χ3n) is 2.32. The SMILES string of the molecule is N[C@H](CO)c1cc(CCC(=O)O)ccc1O. The molecule has 0 heterocycles. The second-order valence-corrected chi connectivity index (χ2v) is 3.58. The molecule has 1 atom stereocenters. The lowest BCUT2D eigenvalue weighted by molar-refractivity contribution is -0.136. The second kappa shape index (κ2) is 5.48. The maximum absolute atomic E-state index is 10.4. The Bertz CT molecular complexity index is 378. The number of hydrogen-bond donors (Lipinski definition) is 4. The average Bonchev–Trinajstić information content (AvgIpc) is 2.27. The number of carboxylic acids is 1. The quantitative estimate of drug-likeness (QED) is 0.580. The van der Waals surface area contributed by atoms with Gasteiger partial charge in [0.1, 0.15) is 5.75 Å². The third-order valence-corrected chi connectivity index (χ3v) is 2.32. The number of aliphatic hydroxyl groups excluding tert-OH is 1.